The van der Waals surface area contributed by atoms with E-state index in [2.05, 4.69) is 52.6 Å². The lowest BCUT2D eigenvalue weighted by atomic mass is 9.97. The molecule has 1 aliphatic rings. The number of nitrogens with one attached hydrogen (secondary N) is 2. The average molecular weight is 506 g/mol. The maximum atomic E-state index is 13.0. The fourth-order valence-corrected chi connectivity index (χ4v) is 4.51. The summed E-state index contributed by atoms with van der Waals surface area (Å²) in [5.74, 6) is 2.77. The van der Waals surface area contributed by atoms with Crippen LogP contribution >= 0.6 is 0 Å². The highest BCUT2D eigenvalue weighted by molar-refractivity contribution is 5.79. The van der Waals surface area contributed by atoms with Crippen LogP contribution in [0.25, 0.3) is 0 Å². The minimum atomic E-state index is -0.0956. The monoisotopic (exact) mass is 505 g/mol. The van der Waals surface area contributed by atoms with Crippen LogP contribution < -0.4 is 29.7 Å². The van der Waals surface area contributed by atoms with Gasteiger partial charge in [-0.1, -0.05) is 18.2 Å². The molecule has 37 heavy (non-hydrogen) atoms. The molecule has 1 fully saturated rings. The van der Waals surface area contributed by atoms with Crippen LogP contribution in [-0.2, 0) is 11.3 Å². The molecule has 0 bridgehead atoms. The zero-order valence-electron chi connectivity index (χ0n) is 22.1. The van der Waals surface area contributed by atoms with Crippen molar-refractivity contribution in [2.45, 2.75) is 33.2 Å². The molecule has 1 aliphatic heterocycles. The van der Waals surface area contributed by atoms with Crippen LogP contribution in [0.5, 0.6) is 17.2 Å². The van der Waals surface area contributed by atoms with Crippen molar-refractivity contribution in [1.29, 1.82) is 0 Å². The lowest BCUT2D eigenvalue weighted by Crippen LogP contribution is -2.43. The molecule has 0 spiro atoms. The Balaban J connectivity index is 1.42. The number of aromatic nitrogens is 2. The van der Waals surface area contributed by atoms with E-state index in [1.807, 2.05) is 6.07 Å². The van der Waals surface area contributed by atoms with E-state index in [9.17, 15) is 4.79 Å². The zero-order chi connectivity index (χ0) is 26.4. The summed E-state index contributed by atoms with van der Waals surface area (Å²) in [4.78, 5) is 24.2. The van der Waals surface area contributed by atoms with Gasteiger partial charge in [0.1, 0.15) is 5.82 Å². The Kier molecular flexibility index (Phi) is 8.32. The number of carbonyl (C=O) groups excluding carboxylic acids is 1. The molecule has 1 aromatic heterocycles. The average Bonchev–Trinajstić information content (AvgIpc) is 2.93. The number of hydrogen-bond donors (Lipinski definition) is 2. The predicted molar refractivity (Wildman–Crippen MR) is 144 cm³/mol. The molecule has 9 nitrogen and oxygen atoms in total. The van der Waals surface area contributed by atoms with Gasteiger partial charge in [-0.2, -0.15) is 4.98 Å². The van der Waals surface area contributed by atoms with E-state index in [1.54, 1.807) is 39.7 Å². The molecule has 0 radical (unpaired) electrons. The molecule has 4 rings (SSSR count). The Morgan fingerprint density at radius 2 is 1.78 bits per heavy atom. The van der Waals surface area contributed by atoms with Crippen molar-refractivity contribution in [3.05, 3.63) is 59.3 Å². The van der Waals surface area contributed by atoms with Gasteiger partial charge in [0.05, 0.1) is 27.2 Å². The maximum Gasteiger partial charge on any atom is 0.229 e. The highest BCUT2D eigenvalue weighted by Gasteiger charge is 2.26. The summed E-state index contributed by atoms with van der Waals surface area (Å²) >= 11 is 0. The summed E-state index contributed by atoms with van der Waals surface area (Å²) in [5, 5.41) is 6.34. The first-order chi connectivity index (χ1) is 17.9. The molecule has 0 aliphatic carbocycles. The van der Waals surface area contributed by atoms with Crippen molar-refractivity contribution in [3.8, 4) is 17.2 Å². The fourth-order valence-electron chi connectivity index (χ4n) is 4.51. The van der Waals surface area contributed by atoms with E-state index in [4.69, 9.17) is 19.2 Å². The summed E-state index contributed by atoms with van der Waals surface area (Å²) in [6.45, 7) is 6.16. The molecule has 1 amide bonds. The van der Waals surface area contributed by atoms with Crippen LogP contribution in [0.4, 0.5) is 17.5 Å². The van der Waals surface area contributed by atoms with Gasteiger partial charge in [-0.05, 0) is 49.4 Å². The van der Waals surface area contributed by atoms with Crippen LogP contribution in [0.15, 0.2) is 42.6 Å². The molecule has 1 saturated heterocycles. The predicted octanol–water partition coefficient (Wildman–Crippen LogP) is 4.40. The molecule has 2 aromatic carbocycles. The van der Waals surface area contributed by atoms with Crippen LogP contribution in [0, 0.1) is 19.8 Å². The summed E-state index contributed by atoms with van der Waals surface area (Å²) in [7, 11) is 4.71. The van der Waals surface area contributed by atoms with E-state index < -0.39 is 0 Å². The number of hydrogen-bond acceptors (Lipinski definition) is 8. The lowest BCUT2D eigenvalue weighted by Gasteiger charge is -2.33. The smallest absolute Gasteiger partial charge is 0.229 e. The third kappa shape index (κ3) is 6.22. The van der Waals surface area contributed by atoms with Gasteiger partial charge in [-0.25, -0.2) is 4.98 Å². The Labute approximate surface area is 218 Å². The van der Waals surface area contributed by atoms with E-state index in [0.29, 0.717) is 42.0 Å². The largest absolute Gasteiger partial charge is 0.493 e. The normalized spacial score (nSPS) is 15.2. The Morgan fingerprint density at radius 3 is 2.46 bits per heavy atom. The van der Waals surface area contributed by atoms with Gasteiger partial charge in [0, 0.05) is 43.7 Å². The molecular weight excluding hydrogens is 470 g/mol. The number of ether oxygens (including phenoxy) is 3. The Morgan fingerprint density at radius 1 is 1.03 bits per heavy atom. The van der Waals surface area contributed by atoms with Crippen molar-refractivity contribution in [2.24, 2.45) is 5.92 Å². The highest BCUT2D eigenvalue weighted by Crippen LogP contribution is 2.40. The molecule has 1 atom stereocenters. The van der Waals surface area contributed by atoms with Crippen molar-refractivity contribution in [1.82, 2.24) is 15.3 Å². The van der Waals surface area contributed by atoms with E-state index in [-0.39, 0.29) is 11.8 Å². The van der Waals surface area contributed by atoms with Crippen LogP contribution in [0.1, 0.15) is 29.5 Å². The lowest BCUT2D eigenvalue weighted by molar-refractivity contribution is -0.125. The van der Waals surface area contributed by atoms with Gasteiger partial charge in [-0.3, -0.25) is 4.79 Å². The Hall–Kier alpha value is -4.01. The van der Waals surface area contributed by atoms with Gasteiger partial charge >= 0.3 is 0 Å². The maximum absolute atomic E-state index is 13.0. The minimum absolute atomic E-state index is 0.0766. The van der Waals surface area contributed by atoms with Crippen LogP contribution in [0.2, 0.25) is 0 Å². The Bertz CT molecular complexity index is 1220. The molecule has 2 N–H and O–H groups in total. The first-order valence-electron chi connectivity index (χ1n) is 12.4. The molecule has 0 saturated carbocycles. The molecule has 2 heterocycles. The van der Waals surface area contributed by atoms with Gasteiger partial charge in [0.25, 0.3) is 0 Å². The number of benzene rings is 2. The SMILES string of the molecule is COc1cc(Nc2nccc(N3CCC[C@H](C(=O)NCc4ccc(C)c(C)c4)C3)n2)cc(OC)c1OC. The topological polar surface area (TPSA) is 97.8 Å². The van der Waals surface area contributed by atoms with Crippen molar-refractivity contribution < 1.29 is 19.0 Å². The number of methoxy groups -OCH3 is 3. The van der Waals surface area contributed by atoms with E-state index in [1.165, 1.54) is 11.1 Å². The van der Waals surface area contributed by atoms with Crippen LogP contribution in [-0.4, -0.2) is 50.3 Å². The zero-order valence-corrected chi connectivity index (χ0v) is 22.1. The van der Waals surface area contributed by atoms with Gasteiger partial charge in [0.15, 0.2) is 11.5 Å². The van der Waals surface area contributed by atoms with Gasteiger partial charge < -0.3 is 29.7 Å². The standard InChI is InChI=1S/C28H35N5O4/c1-18-8-9-20(13-19(18)2)16-30-27(34)21-7-6-12-33(17-21)25-10-11-29-28(32-25)31-22-14-23(35-3)26(37-5)24(15-22)36-4/h8-11,13-15,21H,6-7,12,16-17H2,1-5H3,(H,30,34)(H,29,31,32)/t21-/m0/s1. The molecule has 0 unspecified atom stereocenters. The third-order valence-corrected chi connectivity index (χ3v) is 6.72. The summed E-state index contributed by atoms with van der Waals surface area (Å²) < 4.78 is 16.3. The van der Waals surface area contributed by atoms with Crippen molar-refractivity contribution in [2.75, 3.05) is 44.6 Å². The molecule has 9 heteroatoms. The number of rotatable bonds is 9. The first-order valence-corrected chi connectivity index (χ1v) is 12.4. The third-order valence-electron chi connectivity index (χ3n) is 6.72. The number of carbonyl (C=O) groups is 1. The van der Waals surface area contributed by atoms with E-state index >= 15 is 0 Å². The second kappa shape index (κ2) is 11.8. The second-order valence-corrected chi connectivity index (χ2v) is 9.20. The molecular formula is C28H35N5O4. The number of nitrogens with zero attached hydrogens (tertiary/aromatic N) is 3. The summed E-state index contributed by atoms with van der Waals surface area (Å²) in [6, 6.07) is 11.8. The number of piperidine rings is 1. The first kappa shape index (κ1) is 26.1. The van der Waals surface area contributed by atoms with Crippen LogP contribution in [0.3, 0.4) is 0 Å². The van der Waals surface area contributed by atoms with E-state index in [0.717, 1.165) is 30.8 Å². The molecule has 3 aromatic rings. The van der Waals surface area contributed by atoms with Crippen molar-refractivity contribution in [3.63, 3.8) is 0 Å². The fraction of sp³-hybridized carbons (Fsp3) is 0.393. The van der Waals surface area contributed by atoms with Gasteiger partial charge in [0.2, 0.25) is 17.6 Å². The number of amides is 1. The summed E-state index contributed by atoms with van der Waals surface area (Å²) in [5.41, 5.74) is 4.30. The second-order valence-electron chi connectivity index (χ2n) is 9.20. The molecule has 196 valence electrons. The minimum Gasteiger partial charge on any atom is -0.493 e. The summed E-state index contributed by atoms with van der Waals surface area (Å²) in [6.07, 6.45) is 3.49. The quantitative estimate of drug-likeness (QED) is 0.442. The van der Waals surface area contributed by atoms with Gasteiger partial charge in [-0.15, -0.1) is 0 Å². The van der Waals surface area contributed by atoms with Crippen molar-refractivity contribution >= 4 is 23.4 Å². The number of anilines is 3. The number of aryl methyl sites for hydroxylation is 2. The highest BCUT2D eigenvalue weighted by atomic mass is 16.5.